The molecule has 31 heavy (non-hydrogen) atoms. The standard InChI is InChI=1S/C26H26F2N2O/c27-24-9-7-20(8-10-24)1-4-22-12-16-30(26(31)17-22)15-11-21-2-5-23(6-3-21)18-29-14-13-25(28)19-29/h1-10,12,16-17,25H,11,13-15,18-19H2/t25-/m0/s1. The van der Waals surface area contributed by atoms with Gasteiger partial charge < -0.3 is 4.57 Å². The zero-order valence-electron chi connectivity index (χ0n) is 17.4. The van der Waals surface area contributed by atoms with E-state index in [4.69, 9.17) is 0 Å². The molecule has 0 N–H and O–H groups in total. The Bertz CT molecular complexity index is 1090. The molecule has 0 aliphatic carbocycles. The van der Waals surface area contributed by atoms with Crippen LogP contribution in [-0.2, 0) is 19.5 Å². The number of rotatable bonds is 7. The zero-order chi connectivity index (χ0) is 21.6. The molecule has 1 saturated heterocycles. The van der Waals surface area contributed by atoms with Crippen molar-refractivity contribution in [1.29, 1.82) is 0 Å². The van der Waals surface area contributed by atoms with Gasteiger partial charge in [0.1, 0.15) is 12.0 Å². The molecule has 0 saturated carbocycles. The summed E-state index contributed by atoms with van der Waals surface area (Å²) in [5.74, 6) is -0.268. The highest BCUT2D eigenvalue weighted by Gasteiger charge is 2.21. The lowest BCUT2D eigenvalue weighted by Gasteiger charge is -2.14. The summed E-state index contributed by atoms with van der Waals surface area (Å²) >= 11 is 0. The maximum atomic E-state index is 13.3. The van der Waals surface area contributed by atoms with Crippen molar-refractivity contribution in [3.63, 3.8) is 0 Å². The third-order valence-corrected chi connectivity index (χ3v) is 5.64. The maximum Gasteiger partial charge on any atom is 0.251 e. The highest BCUT2D eigenvalue weighted by molar-refractivity contribution is 5.69. The fraction of sp³-hybridized carbons (Fsp3) is 0.269. The number of hydrogen-bond donors (Lipinski definition) is 0. The normalized spacial score (nSPS) is 16.9. The molecule has 3 aromatic rings. The minimum Gasteiger partial charge on any atom is -0.315 e. The number of aromatic nitrogens is 1. The largest absolute Gasteiger partial charge is 0.315 e. The lowest BCUT2D eigenvalue weighted by atomic mass is 10.1. The fourth-order valence-electron chi connectivity index (χ4n) is 3.83. The number of halogens is 2. The Morgan fingerprint density at radius 1 is 0.935 bits per heavy atom. The number of likely N-dealkylation sites (tertiary alicyclic amines) is 1. The second-order valence-corrected chi connectivity index (χ2v) is 8.06. The van der Waals surface area contributed by atoms with Gasteiger partial charge in [0.15, 0.2) is 0 Å². The molecule has 0 radical (unpaired) electrons. The van der Waals surface area contributed by atoms with Crippen LogP contribution in [0.4, 0.5) is 8.78 Å². The molecule has 160 valence electrons. The molecule has 1 atom stereocenters. The summed E-state index contributed by atoms with van der Waals surface area (Å²) in [5.41, 5.74) is 4.00. The lowest BCUT2D eigenvalue weighted by Crippen LogP contribution is -2.20. The van der Waals surface area contributed by atoms with Crippen molar-refractivity contribution in [3.05, 3.63) is 105 Å². The Kier molecular flexibility index (Phi) is 6.73. The number of pyridine rings is 1. The van der Waals surface area contributed by atoms with Crippen molar-refractivity contribution in [2.75, 3.05) is 13.1 Å². The third-order valence-electron chi connectivity index (χ3n) is 5.64. The van der Waals surface area contributed by atoms with Gasteiger partial charge in [-0.15, -0.1) is 0 Å². The average molecular weight is 421 g/mol. The minimum absolute atomic E-state index is 0.0484. The van der Waals surface area contributed by atoms with Crippen molar-refractivity contribution >= 4 is 12.2 Å². The molecule has 1 aliphatic rings. The first kappa shape index (κ1) is 21.2. The average Bonchev–Trinajstić information content (AvgIpc) is 3.18. The summed E-state index contributed by atoms with van der Waals surface area (Å²) in [4.78, 5) is 14.6. The number of benzene rings is 2. The summed E-state index contributed by atoms with van der Waals surface area (Å²) < 4.78 is 28.0. The Morgan fingerprint density at radius 2 is 1.65 bits per heavy atom. The predicted molar refractivity (Wildman–Crippen MR) is 121 cm³/mol. The first-order valence-electron chi connectivity index (χ1n) is 10.6. The molecule has 2 aromatic carbocycles. The van der Waals surface area contributed by atoms with Gasteiger partial charge >= 0.3 is 0 Å². The van der Waals surface area contributed by atoms with E-state index in [1.807, 2.05) is 24.4 Å². The molecular formula is C26H26F2N2O. The monoisotopic (exact) mass is 420 g/mol. The summed E-state index contributed by atoms with van der Waals surface area (Å²) in [7, 11) is 0. The van der Waals surface area contributed by atoms with Crippen LogP contribution >= 0.6 is 0 Å². The first-order valence-corrected chi connectivity index (χ1v) is 10.6. The van der Waals surface area contributed by atoms with Crippen LogP contribution in [0.3, 0.4) is 0 Å². The molecule has 5 heteroatoms. The molecule has 2 heterocycles. The van der Waals surface area contributed by atoms with Gasteiger partial charge in [-0.25, -0.2) is 8.78 Å². The molecule has 0 unspecified atom stereocenters. The van der Waals surface area contributed by atoms with Crippen molar-refractivity contribution < 1.29 is 8.78 Å². The van der Waals surface area contributed by atoms with Gasteiger partial charge in [-0.1, -0.05) is 48.6 Å². The van der Waals surface area contributed by atoms with Gasteiger partial charge in [0.25, 0.3) is 5.56 Å². The second-order valence-electron chi connectivity index (χ2n) is 8.06. The van der Waals surface area contributed by atoms with Crippen LogP contribution in [0.15, 0.2) is 71.7 Å². The van der Waals surface area contributed by atoms with E-state index in [0.717, 1.165) is 30.6 Å². The predicted octanol–water partition coefficient (Wildman–Crippen LogP) is 4.94. The van der Waals surface area contributed by atoms with E-state index in [2.05, 4.69) is 29.2 Å². The van der Waals surface area contributed by atoms with E-state index in [0.29, 0.717) is 19.5 Å². The van der Waals surface area contributed by atoms with Gasteiger partial charge in [0.2, 0.25) is 0 Å². The molecule has 0 amide bonds. The van der Waals surface area contributed by atoms with Crippen LogP contribution in [0.1, 0.15) is 28.7 Å². The SMILES string of the molecule is O=c1cc(C=Cc2ccc(F)cc2)ccn1CCc1ccc(CN2CC[C@H](F)C2)cc1. The van der Waals surface area contributed by atoms with Crippen LogP contribution in [0, 0.1) is 5.82 Å². The Hall–Kier alpha value is -3.05. The van der Waals surface area contributed by atoms with Crippen molar-refractivity contribution in [3.8, 4) is 0 Å². The van der Waals surface area contributed by atoms with Crippen LogP contribution in [0.2, 0.25) is 0 Å². The first-order chi connectivity index (χ1) is 15.0. The van der Waals surface area contributed by atoms with Crippen LogP contribution in [0.5, 0.6) is 0 Å². The molecule has 0 bridgehead atoms. The fourth-order valence-corrected chi connectivity index (χ4v) is 3.83. The van der Waals surface area contributed by atoms with Gasteiger partial charge in [-0.05, 0) is 53.3 Å². The molecular weight excluding hydrogens is 394 g/mol. The molecule has 0 spiro atoms. The summed E-state index contributed by atoms with van der Waals surface area (Å²) in [6.07, 6.45) is 6.22. The number of aryl methyl sites for hydroxylation is 2. The highest BCUT2D eigenvalue weighted by Crippen LogP contribution is 2.16. The van der Waals surface area contributed by atoms with Crippen LogP contribution < -0.4 is 5.56 Å². The van der Waals surface area contributed by atoms with Gasteiger partial charge in [0.05, 0.1) is 0 Å². The highest BCUT2D eigenvalue weighted by atomic mass is 19.1. The summed E-state index contributed by atoms with van der Waals surface area (Å²) in [6.45, 7) is 2.74. The minimum atomic E-state index is -0.692. The van der Waals surface area contributed by atoms with Gasteiger partial charge in [-0.2, -0.15) is 0 Å². The summed E-state index contributed by atoms with van der Waals surface area (Å²) in [5, 5.41) is 0. The number of hydrogen-bond acceptors (Lipinski definition) is 2. The van der Waals surface area contributed by atoms with E-state index in [-0.39, 0.29) is 11.4 Å². The van der Waals surface area contributed by atoms with E-state index in [9.17, 15) is 13.6 Å². The number of alkyl halides is 1. The third kappa shape index (κ3) is 5.98. The lowest BCUT2D eigenvalue weighted by molar-refractivity contribution is 0.282. The molecule has 1 aromatic heterocycles. The topological polar surface area (TPSA) is 25.2 Å². The molecule has 1 aliphatic heterocycles. The number of nitrogens with zero attached hydrogens (tertiary/aromatic N) is 2. The molecule has 4 rings (SSSR count). The van der Waals surface area contributed by atoms with Crippen molar-refractivity contribution in [2.24, 2.45) is 0 Å². The van der Waals surface area contributed by atoms with Crippen molar-refractivity contribution in [1.82, 2.24) is 9.47 Å². The van der Waals surface area contributed by atoms with Gasteiger partial charge in [0, 0.05) is 38.4 Å². The Balaban J connectivity index is 1.32. The van der Waals surface area contributed by atoms with E-state index in [1.165, 1.54) is 23.3 Å². The van der Waals surface area contributed by atoms with Crippen LogP contribution in [-0.4, -0.2) is 28.7 Å². The van der Waals surface area contributed by atoms with E-state index in [1.54, 1.807) is 22.8 Å². The Morgan fingerprint density at radius 3 is 2.32 bits per heavy atom. The Labute approximate surface area is 181 Å². The smallest absolute Gasteiger partial charge is 0.251 e. The maximum absolute atomic E-state index is 13.3. The molecule has 1 fully saturated rings. The van der Waals surface area contributed by atoms with Gasteiger partial charge in [-0.3, -0.25) is 9.69 Å². The quantitative estimate of drug-likeness (QED) is 0.541. The van der Waals surface area contributed by atoms with Crippen molar-refractivity contribution in [2.45, 2.75) is 32.1 Å². The van der Waals surface area contributed by atoms with E-state index >= 15 is 0 Å². The zero-order valence-corrected chi connectivity index (χ0v) is 17.4. The molecule has 3 nitrogen and oxygen atoms in total. The summed E-state index contributed by atoms with van der Waals surface area (Å²) in [6, 6.07) is 18.1. The second kappa shape index (κ2) is 9.84. The van der Waals surface area contributed by atoms with E-state index < -0.39 is 6.17 Å². The van der Waals surface area contributed by atoms with Crippen LogP contribution in [0.25, 0.3) is 12.2 Å².